The summed E-state index contributed by atoms with van der Waals surface area (Å²) in [5, 5.41) is 17.8. The van der Waals surface area contributed by atoms with Gasteiger partial charge < -0.3 is 14.6 Å². The van der Waals surface area contributed by atoms with Gasteiger partial charge in [0.2, 0.25) is 5.76 Å². The minimum atomic E-state index is -1.05. The van der Waals surface area contributed by atoms with Crippen LogP contribution in [0.25, 0.3) is 0 Å². The van der Waals surface area contributed by atoms with Crippen LogP contribution in [0.1, 0.15) is 16.1 Å². The number of nitrogens with zero attached hydrogens (tertiary/aromatic N) is 1. The van der Waals surface area contributed by atoms with Gasteiger partial charge in [0.25, 0.3) is 0 Å². The second-order valence-corrected chi connectivity index (χ2v) is 3.43. The van der Waals surface area contributed by atoms with Crippen LogP contribution in [0.4, 0.5) is 0 Å². The highest BCUT2D eigenvalue weighted by molar-refractivity contribution is 5.86. The van der Waals surface area contributed by atoms with E-state index in [0.717, 1.165) is 0 Å². The van der Waals surface area contributed by atoms with Crippen LogP contribution < -0.4 is 0 Å². The fourth-order valence-electron chi connectivity index (χ4n) is 1.56. The first kappa shape index (κ1) is 9.23. The highest BCUT2D eigenvalue weighted by atomic mass is 16.4. The van der Waals surface area contributed by atoms with Crippen molar-refractivity contribution in [2.75, 3.05) is 13.1 Å². The van der Waals surface area contributed by atoms with Crippen LogP contribution in [0.15, 0.2) is 16.7 Å². The van der Waals surface area contributed by atoms with E-state index in [4.69, 9.17) is 14.6 Å². The molecule has 2 heterocycles. The zero-order valence-electron chi connectivity index (χ0n) is 7.51. The summed E-state index contributed by atoms with van der Waals surface area (Å²) in [7, 11) is 0. The topological polar surface area (TPSA) is 73.9 Å². The first-order valence-electron chi connectivity index (χ1n) is 4.37. The molecule has 0 aliphatic carbocycles. The Labute approximate surface area is 80.6 Å². The molecule has 5 nitrogen and oxygen atoms in total. The number of aliphatic hydroxyl groups excluding tert-OH is 1. The molecule has 1 saturated heterocycles. The third-order valence-corrected chi connectivity index (χ3v) is 2.27. The molecule has 0 atom stereocenters. The number of likely N-dealkylation sites (tertiary alicyclic amines) is 1. The number of aliphatic hydroxyl groups is 1. The maximum Gasteiger partial charge on any atom is 0.372 e. The first-order valence-corrected chi connectivity index (χ1v) is 4.37. The summed E-state index contributed by atoms with van der Waals surface area (Å²) in [4.78, 5) is 12.6. The standard InChI is InChI=1S/C9H11NO4/c11-7-4-10(5-7)3-6-1-2-14-8(6)9(12)13/h1-2,7,11H,3-5H2,(H,12,13). The monoisotopic (exact) mass is 197 g/mol. The zero-order valence-corrected chi connectivity index (χ0v) is 7.51. The number of β-amino-alcohol motifs (C(OH)–C–C–N with tert-alkyl or cyclic N) is 1. The fourth-order valence-corrected chi connectivity index (χ4v) is 1.56. The maximum atomic E-state index is 10.7. The molecule has 0 aromatic carbocycles. The highest BCUT2D eigenvalue weighted by Gasteiger charge is 2.26. The third-order valence-electron chi connectivity index (χ3n) is 2.27. The number of aromatic carboxylic acids is 1. The Bertz CT molecular complexity index is 340. The average molecular weight is 197 g/mol. The average Bonchev–Trinajstić information content (AvgIpc) is 2.49. The van der Waals surface area contributed by atoms with Gasteiger partial charge in [-0.15, -0.1) is 0 Å². The molecule has 0 radical (unpaired) electrons. The van der Waals surface area contributed by atoms with Gasteiger partial charge in [-0.2, -0.15) is 0 Å². The van der Waals surface area contributed by atoms with Gasteiger partial charge in [-0.25, -0.2) is 4.79 Å². The van der Waals surface area contributed by atoms with Crippen LogP contribution in [0.5, 0.6) is 0 Å². The van der Waals surface area contributed by atoms with Crippen LogP contribution in [0.2, 0.25) is 0 Å². The van der Waals surface area contributed by atoms with E-state index in [1.807, 2.05) is 4.90 Å². The number of carboxylic acids is 1. The van der Waals surface area contributed by atoms with Crippen molar-refractivity contribution in [2.24, 2.45) is 0 Å². The molecule has 1 aliphatic heterocycles. The van der Waals surface area contributed by atoms with Crippen molar-refractivity contribution in [1.29, 1.82) is 0 Å². The lowest BCUT2D eigenvalue weighted by molar-refractivity contribution is -0.00318. The Hall–Kier alpha value is -1.33. The number of hydrogen-bond donors (Lipinski definition) is 2. The lowest BCUT2D eigenvalue weighted by atomic mass is 10.1. The lowest BCUT2D eigenvalue weighted by Crippen LogP contribution is -2.49. The largest absolute Gasteiger partial charge is 0.475 e. The molecule has 0 unspecified atom stereocenters. The van der Waals surface area contributed by atoms with Gasteiger partial charge in [0.15, 0.2) is 0 Å². The number of furan rings is 1. The van der Waals surface area contributed by atoms with Crippen molar-refractivity contribution in [3.8, 4) is 0 Å². The summed E-state index contributed by atoms with van der Waals surface area (Å²) < 4.78 is 4.83. The predicted molar refractivity (Wildman–Crippen MR) is 47.0 cm³/mol. The summed E-state index contributed by atoms with van der Waals surface area (Å²) in [6.45, 7) is 1.73. The van der Waals surface area contributed by atoms with Crippen LogP contribution in [0.3, 0.4) is 0 Å². The predicted octanol–water partition coefficient (Wildman–Crippen LogP) is 0.154. The van der Waals surface area contributed by atoms with Crippen LogP contribution >= 0.6 is 0 Å². The van der Waals surface area contributed by atoms with E-state index in [2.05, 4.69) is 0 Å². The molecule has 0 saturated carbocycles. The van der Waals surface area contributed by atoms with Gasteiger partial charge >= 0.3 is 5.97 Å². The van der Waals surface area contributed by atoms with Crippen molar-refractivity contribution in [3.63, 3.8) is 0 Å². The summed E-state index contributed by atoms with van der Waals surface area (Å²) in [6.07, 6.45) is 1.10. The molecule has 1 fully saturated rings. The summed E-state index contributed by atoms with van der Waals surface area (Å²) in [5.41, 5.74) is 0.657. The zero-order chi connectivity index (χ0) is 10.1. The molecule has 5 heteroatoms. The third kappa shape index (κ3) is 1.64. The van der Waals surface area contributed by atoms with Gasteiger partial charge in [0.1, 0.15) is 0 Å². The van der Waals surface area contributed by atoms with Crippen molar-refractivity contribution < 1.29 is 19.4 Å². The molecule has 2 rings (SSSR count). The van der Waals surface area contributed by atoms with E-state index in [9.17, 15) is 4.79 Å². The summed E-state index contributed by atoms with van der Waals surface area (Å²) in [6, 6.07) is 1.65. The number of carbonyl (C=O) groups is 1. The Balaban J connectivity index is 2.02. The quantitative estimate of drug-likeness (QED) is 0.721. The SMILES string of the molecule is O=C(O)c1occc1CN1CC(O)C1. The molecule has 0 amide bonds. The fraction of sp³-hybridized carbons (Fsp3) is 0.444. The van der Waals surface area contributed by atoms with Crippen molar-refractivity contribution >= 4 is 5.97 Å². The van der Waals surface area contributed by atoms with E-state index >= 15 is 0 Å². The van der Waals surface area contributed by atoms with E-state index in [1.54, 1.807) is 6.07 Å². The Kier molecular flexibility index (Phi) is 2.26. The lowest BCUT2D eigenvalue weighted by Gasteiger charge is -2.35. The van der Waals surface area contributed by atoms with Gasteiger partial charge in [0.05, 0.1) is 12.4 Å². The Morgan fingerprint density at radius 3 is 2.93 bits per heavy atom. The van der Waals surface area contributed by atoms with Crippen LogP contribution in [-0.4, -0.2) is 40.3 Å². The Morgan fingerprint density at radius 2 is 2.36 bits per heavy atom. The minimum absolute atomic E-state index is 0.00797. The molecule has 14 heavy (non-hydrogen) atoms. The van der Waals surface area contributed by atoms with Gasteiger partial charge in [0, 0.05) is 25.2 Å². The van der Waals surface area contributed by atoms with Gasteiger partial charge in [-0.1, -0.05) is 0 Å². The number of rotatable bonds is 3. The Morgan fingerprint density at radius 1 is 1.64 bits per heavy atom. The molecule has 1 aromatic heterocycles. The first-order chi connectivity index (χ1) is 6.66. The minimum Gasteiger partial charge on any atom is -0.475 e. The van der Waals surface area contributed by atoms with Crippen molar-refractivity contribution in [3.05, 3.63) is 23.7 Å². The number of carboxylic acid groups (broad SMARTS) is 1. The molecular weight excluding hydrogens is 186 g/mol. The second kappa shape index (κ2) is 3.43. The van der Waals surface area contributed by atoms with E-state index in [1.165, 1.54) is 6.26 Å². The van der Waals surface area contributed by atoms with Gasteiger partial charge in [-0.3, -0.25) is 4.90 Å². The van der Waals surface area contributed by atoms with Crippen molar-refractivity contribution in [1.82, 2.24) is 4.90 Å². The maximum absolute atomic E-state index is 10.7. The molecule has 0 bridgehead atoms. The normalized spacial score (nSPS) is 18.1. The molecule has 1 aliphatic rings. The van der Waals surface area contributed by atoms with E-state index in [0.29, 0.717) is 25.2 Å². The molecular formula is C9H11NO4. The molecule has 2 N–H and O–H groups in total. The molecule has 76 valence electrons. The smallest absolute Gasteiger partial charge is 0.372 e. The van der Waals surface area contributed by atoms with Crippen LogP contribution in [-0.2, 0) is 6.54 Å². The highest BCUT2D eigenvalue weighted by Crippen LogP contribution is 2.17. The van der Waals surface area contributed by atoms with Gasteiger partial charge in [-0.05, 0) is 6.07 Å². The van der Waals surface area contributed by atoms with Crippen LogP contribution in [0, 0.1) is 0 Å². The number of hydrogen-bond acceptors (Lipinski definition) is 4. The summed E-state index contributed by atoms with van der Waals surface area (Å²) in [5.74, 6) is -1.06. The van der Waals surface area contributed by atoms with E-state index < -0.39 is 5.97 Å². The second-order valence-electron chi connectivity index (χ2n) is 3.43. The van der Waals surface area contributed by atoms with E-state index in [-0.39, 0.29) is 11.9 Å². The summed E-state index contributed by atoms with van der Waals surface area (Å²) >= 11 is 0. The van der Waals surface area contributed by atoms with Crippen molar-refractivity contribution in [2.45, 2.75) is 12.6 Å². The molecule has 1 aromatic rings. The molecule has 0 spiro atoms.